The Balaban J connectivity index is 0.00000161. The van der Waals surface area contributed by atoms with Crippen LogP contribution in [0.2, 0.25) is 0 Å². The summed E-state index contributed by atoms with van der Waals surface area (Å²) < 4.78 is 14.1. The molecule has 0 amide bonds. The van der Waals surface area contributed by atoms with Gasteiger partial charge in [0.15, 0.2) is 0 Å². The van der Waals surface area contributed by atoms with Crippen molar-refractivity contribution in [2.75, 3.05) is 31.1 Å². The fourth-order valence-electron chi connectivity index (χ4n) is 2.80. The Morgan fingerprint density at radius 2 is 2.05 bits per heavy atom. The maximum Gasteiger partial charge on any atom is 0.149 e. The van der Waals surface area contributed by atoms with E-state index in [9.17, 15) is 4.39 Å². The van der Waals surface area contributed by atoms with Crippen molar-refractivity contribution in [2.45, 2.75) is 19.8 Å². The Morgan fingerprint density at radius 1 is 1.29 bits per heavy atom. The van der Waals surface area contributed by atoms with Crippen LogP contribution in [0.5, 0.6) is 0 Å². The highest BCUT2D eigenvalue weighted by atomic mass is 35.5. The van der Waals surface area contributed by atoms with Crippen molar-refractivity contribution in [3.63, 3.8) is 0 Å². The summed E-state index contributed by atoms with van der Waals surface area (Å²) in [5, 5.41) is 4.28. The second kappa shape index (κ2) is 7.05. The van der Waals surface area contributed by atoms with Crippen molar-refractivity contribution in [2.24, 2.45) is 0 Å². The number of rotatable bonds is 3. The molecule has 1 aliphatic rings. The molecule has 3 rings (SSSR count). The van der Waals surface area contributed by atoms with Crippen LogP contribution in [0.1, 0.15) is 19.0 Å². The third kappa shape index (κ3) is 3.27. The molecule has 21 heavy (non-hydrogen) atoms. The summed E-state index contributed by atoms with van der Waals surface area (Å²) in [6.07, 6.45) is 1.91. The van der Waals surface area contributed by atoms with Crippen LogP contribution in [-0.4, -0.2) is 31.2 Å². The van der Waals surface area contributed by atoms with Gasteiger partial charge in [0.25, 0.3) is 0 Å². The first-order chi connectivity index (χ1) is 9.79. The van der Waals surface area contributed by atoms with Gasteiger partial charge in [-0.25, -0.2) is 9.37 Å². The molecule has 0 bridgehead atoms. The van der Waals surface area contributed by atoms with Crippen LogP contribution < -0.4 is 10.2 Å². The van der Waals surface area contributed by atoms with E-state index in [0.29, 0.717) is 5.52 Å². The van der Waals surface area contributed by atoms with Gasteiger partial charge in [0.1, 0.15) is 11.3 Å². The van der Waals surface area contributed by atoms with Gasteiger partial charge in [0.05, 0.1) is 0 Å². The van der Waals surface area contributed by atoms with E-state index in [1.807, 2.05) is 6.07 Å². The minimum Gasteiger partial charge on any atom is -0.368 e. The molecule has 1 saturated heterocycles. The van der Waals surface area contributed by atoms with E-state index in [2.05, 4.69) is 28.2 Å². The number of nitrogens with one attached hydrogen (secondary N) is 1. The van der Waals surface area contributed by atoms with E-state index in [0.717, 1.165) is 55.8 Å². The molecule has 0 saturated carbocycles. The fourth-order valence-corrected chi connectivity index (χ4v) is 2.80. The minimum absolute atomic E-state index is 0. The van der Waals surface area contributed by atoms with Crippen molar-refractivity contribution >= 4 is 29.0 Å². The summed E-state index contributed by atoms with van der Waals surface area (Å²) in [6.45, 7) is 5.99. The van der Waals surface area contributed by atoms with Crippen molar-refractivity contribution < 1.29 is 4.39 Å². The van der Waals surface area contributed by atoms with Gasteiger partial charge in [0, 0.05) is 42.9 Å². The summed E-state index contributed by atoms with van der Waals surface area (Å²) in [5.74, 6) is -0.225. The van der Waals surface area contributed by atoms with E-state index in [1.165, 1.54) is 6.07 Å². The molecule has 0 unspecified atom stereocenters. The largest absolute Gasteiger partial charge is 0.368 e. The molecule has 1 aromatic heterocycles. The molecule has 0 aliphatic carbocycles. The Hall–Kier alpha value is -1.39. The van der Waals surface area contributed by atoms with Gasteiger partial charge in [-0.1, -0.05) is 25.5 Å². The quantitative estimate of drug-likeness (QED) is 0.944. The summed E-state index contributed by atoms with van der Waals surface area (Å²) in [4.78, 5) is 6.84. The van der Waals surface area contributed by atoms with E-state index in [4.69, 9.17) is 0 Å². The first-order valence-electron chi connectivity index (χ1n) is 7.33. The van der Waals surface area contributed by atoms with Gasteiger partial charge in [-0.05, 0) is 18.6 Å². The number of hydrogen-bond acceptors (Lipinski definition) is 3. The van der Waals surface area contributed by atoms with E-state index in [-0.39, 0.29) is 18.2 Å². The Kier molecular flexibility index (Phi) is 5.37. The SMILES string of the molecule is CCCc1cc(N2CCNCC2)c2cccc(F)c2n1.Cl. The van der Waals surface area contributed by atoms with Crippen LogP contribution in [0, 0.1) is 5.82 Å². The van der Waals surface area contributed by atoms with Crippen LogP contribution in [0.15, 0.2) is 24.3 Å². The molecule has 1 aromatic carbocycles. The highest BCUT2D eigenvalue weighted by Crippen LogP contribution is 2.29. The molecule has 0 radical (unpaired) electrons. The number of aromatic nitrogens is 1. The number of nitrogens with zero attached hydrogens (tertiary/aromatic N) is 2. The lowest BCUT2D eigenvalue weighted by molar-refractivity contribution is 0.589. The Morgan fingerprint density at radius 3 is 2.76 bits per heavy atom. The summed E-state index contributed by atoms with van der Waals surface area (Å²) in [6, 6.07) is 7.37. The second-order valence-electron chi connectivity index (χ2n) is 5.26. The molecule has 2 heterocycles. The molecular formula is C16H21ClFN3. The van der Waals surface area contributed by atoms with Gasteiger partial charge >= 0.3 is 0 Å². The van der Waals surface area contributed by atoms with Crippen LogP contribution >= 0.6 is 12.4 Å². The van der Waals surface area contributed by atoms with E-state index >= 15 is 0 Å². The molecule has 1 aliphatic heterocycles. The van der Waals surface area contributed by atoms with Gasteiger partial charge < -0.3 is 10.2 Å². The highest BCUT2D eigenvalue weighted by molar-refractivity contribution is 5.92. The highest BCUT2D eigenvalue weighted by Gasteiger charge is 2.16. The smallest absolute Gasteiger partial charge is 0.149 e. The van der Waals surface area contributed by atoms with Gasteiger partial charge in [-0.2, -0.15) is 0 Å². The third-order valence-corrected chi connectivity index (χ3v) is 3.79. The van der Waals surface area contributed by atoms with E-state index in [1.54, 1.807) is 6.07 Å². The zero-order valence-corrected chi connectivity index (χ0v) is 13.0. The number of para-hydroxylation sites is 1. The zero-order chi connectivity index (χ0) is 13.9. The zero-order valence-electron chi connectivity index (χ0n) is 12.2. The first-order valence-corrected chi connectivity index (χ1v) is 7.33. The summed E-state index contributed by atoms with van der Waals surface area (Å²) >= 11 is 0. The van der Waals surface area contributed by atoms with Crippen LogP contribution in [0.25, 0.3) is 10.9 Å². The lowest BCUT2D eigenvalue weighted by atomic mass is 10.1. The average molecular weight is 310 g/mol. The first kappa shape index (κ1) is 16.0. The lowest BCUT2D eigenvalue weighted by Gasteiger charge is -2.30. The molecule has 1 N–H and O–H groups in total. The molecule has 0 atom stereocenters. The number of halogens is 2. The molecule has 0 spiro atoms. The fraction of sp³-hybridized carbons (Fsp3) is 0.438. The maximum atomic E-state index is 14.1. The van der Waals surface area contributed by atoms with Crippen LogP contribution in [0.3, 0.4) is 0 Å². The molecule has 114 valence electrons. The van der Waals surface area contributed by atoms with Crippen molar-refractivity contribution in [3.8, 4) is 0 Å². The van der Waals surface area contributed by atoms with Crippen molar-refractivity contribution in [1.29, 1.82) is 0 Å². The Bertz CT molecular complexity index is 612. The van der Waals surface area contributed by atoms with Gasteiger partial charge in [-0.15, -0.1) is 12.4 Å². The standard InChI is InChI=1S/C16H20FN3.ClH/c1-2-4-12-11-15(20-9-7-18-8-10-20)13-5-3-6-14(17)16(13)19-12;/h3,5-6,11,18H,2,4,7-10H2,1H3;1H. The maximum absolute atomic E-state index is 14.1. The topological polar surface area (TPSA) is 28.2 Å². The minimum atomic E-state index is -0.225. The third-order valence-electron chi connectivity index (χ3n) is 3.79. The van der Waals surface area contributed by atoms with Crippen molar-refractivity contribution in [3.05, 3.63) is 35.8 Å². The summed E-state index contributed by atoms with van der Waals surface area (Å²) in [7, 11) is 0. The van der Waals surface area contributed by atoms with Crippen LogP contribution in [0.4, 0.5) is 10.1 Å². The van der Waals surface area contributed by atoms with Gasteiger partial charge in [-0.3, -0.25) is 0 Å². The number of hydrogen-bond donors (Lipinski definition) is 1. The predicted octanol–water partition coefficient (Wildman–Crippen LogP) is 3.16. The van der Waals surface area contributed by atoms with E-state index < -0.39 is 0 Å². The summed E-state index contributed by atoms with van der Waals surface area (Å²) in [5.41, 5.74) is 2.62. The number of fused-ring (bicyclic) bond motifs is 1. The molecule has 2 aromatic rings. The normalized spacial score (nSPS) is 15.0. The van der Waals surface area contributed by atoms with Gasteiger partial charge in [0.2, 0.25) is 0 Å². The monoisotopic (exact) mass is 309 g/mol. The number of benzene rings is 1. The Labute approximate surface area is 131 Å². The molecular weight excluding hydrogens is 289 g/mol. The van der Waals surface area contributed by atoms with Crippen LogP contribution in [-0.2, 0) is 6.42 Å². The number of piperazine rings is 1. The molecule has 3 nitrogen and oxygen atoms in total. The number of pyridine rings is 1. The average Bonchev–Trinajstić information content (AvgIpc) is 2.49. The predicted molar refractivity (Wildman–Crippen MR) is 88.0 cm³/mol. The molecule has 1 fully saturated rings. The lowest BCUT2D eigenvalue weighted by Crippen LogP contribution is -2.43. The van der Waals surface area contributed by atoms with Crippen molar-refractivity contribution in [1.82, 2.24) is 10.3 Å². The number of aryl methyl sites for hydroxylation is 1. The number of anilines is 1. The second-order valence-corrected chi connectivity index (χ2v) is 5.26. The molecule has 5 heteroatoms.